The monoisotopic (exact) mass is 1180 g/mol. The van der Waals surface area contributed by atoms with Crippen molar-refractivity contribution >= 4 is 93.5 Å². The van der Waals surface area contributed by atoms with Crippen molar-refractivity contribution in [3.05, 3.63) is 104 Å². The Labute approximate surface area is 468 Å². The number of aliphatic hydroxyl groups is 2. The number of nitrogens with one attached hydrogen (secondary N) is 2. The fourth-order valence-corrected chi connectivity index (χ4v) is 9.50. The first-order valence-corrected chi connectivity index (χ1v) is 26.6. The van der Waals surface area contributed by atoms with E-state index in [2.05, 4.69) is 24.8 Å². The van der Waals surface area contributed by atoms with Crippen molar-refractivity contribution in [2.45, 2.75) is 77.2 Å². The number of anilines is 2. The first kappa shape index (κ1) is 63.8. The molecule has 4 amide bonds. The van der Waals surface area contributed by atoms with E-state index in [1.807, 2.05) is 35.0 Å². The number of hydrogen-bond donors (Lipinski definition) is 4. The number of hydrogen-bond acceptors (Lipinski definition) is 21. The number of rotatable bonds is 18. The Morgan fingerprint density at radius 1 is 0.568 bits per heavy atom. The molecule has 6 atom stereocenters. The molecule has 0 bridgehead atoms. The normalized spacial score (nSPS) is 17.3. The van der Waals surface area contributed by atoms with Gasteiger partial charge in [0, 0.05) is 115 Å². The molecule has 0 unspecified atom stereocenters. The summed E-state index contributed by atoms with van der Waals surface area (Å²) in [5, 5.41) is 29.1. The van der Waals surface area contributed by atoms with E-state index in [9.17, 15) is 75.7 Å². The number of carbonyl (C=O) groups excluding carboxylic acids is 10. The van der Waals surface area contributed by atoms with E-state index >= 15 is 0 Å². The Bertz CT molecular complexity index is 2840. The van der Waals surface area contributed by atoms with Crippen LogP contribution in [0.4, 0.5) is 28.9 Å². The number of cyclic esters (lactones) is 2. The van der Waals surface area contributed by atoms with E-state index in [-0.39, 0.29) is 76.8 Å². The zero-order valence-corrected chi connectivity index (χ0v) is 45.6. The molecule has 3 aliphatic heterocycles. The molecule has 4 N–H and O–H groups in total. The molecule has 23 nitrogen and oxygen atoms in total. The molecule has 4 aromatic rings. The predicted molar refractivity (Wildman–Crippen MR) is 278 cm³/mol. The Morgan fingerprint density at radius 2 is 0.975 bits per heavy atom. The lowest BCUT2D eigenvalue weighted by atomic mass is 10.1. The highest BCUT2D eigenvalue weighted by Crippen LogP contribution is 2.25. The highest BCUT2D eigenvalue weighted by atomic mass is 32.1. The molecule has 2 aromatic carbocycles. The van der Waals surface area contributed by atoms with Gasteiger partial charge in [0.2, 0.25) is 24.4 Å². The zero-order chi connectivity index (χ0) is 59.5. The lowest BCUT2D eigenvalue weighted by Crippen LogP contribution is -2.57. The van der Waals surface area contributed by atoms with Gasteiger partial charge < -0.3 is 64.1 Å². The van der Waals surface area contributed by atoms with Crippen molar-refractivity contribution in [3.8, 4) is 0 Å². The van der Waals surface area contributed by atoms with Crippen LogP contribution in [0.1, 0.15) is 37.4 Å². The largest absolute Gasteiger partial charge is 0.448 e. The molecule has 7 rings (SSSR count). The van der Waals surface area contributed by atoms with Crippen LogP contribution in [0, 0.1) is 23.3 Å². The van der Waals surface area contributed by atoms with Crippen LogP contribution in [0.3, 0.4) is 0 Å². The number of thiophene rings is 2. The van der Waals surface area contributed by atoms with Gasteiger partial charge in [-0.2, -0.15) is 0 Å². The van der Waals surface area contributed by atoms with Crippen LogP contribution < -0.4 is 20.4 Å². The van der Waals surface area contributed by atoms with Gasteiger partial charge in [-0.05, 0) is 60.0 Å². The minimum Gasteiger partial charge on any atom is -0.448 e. The third-order valence-electron chi connectivity index (χ3n) is 11.9. The molecule has 81 heavy (non-hydrogen) atoms. The second-order valence-electron chi connectivity index (χ2n) is 17.8. The SMILES string of the molecule is CC(=O)O[C@@H](C(=O)NCCc1cccs1)[C@@H](OC(C)=O)C(=O)N1CCN(c2ccc(F)cc2F)CC1.CC(=O)O[C@H]1C(=O)OC(=O)[C@@H]1OC(C)=O.O=C(NCCc1cccs1)[C@H](O)[C@@H](O)C(=O)N1CCN(c2ccc(F)cc2F)CC1. The number of aliphatic hydroxyl groups excluding tert-OH is 2. The van der Waals surface area contributed by atoms with Crippen LogP contribution in [-0.2, 0) is 84.5 Å². The number of piperazine rings is 2. The maximum absolute atomic E-state index is 14.2. The first-order chi connectivity index (χ1) is 38.4. The topological polar surface area (TPSA) is 294 Å². The van der Waals surface area contributed by atoms with Crippen molar-refractivity contribution in [3.63, 3.8) is 0 Å². The van der Waals surface area contributed by atoms with Crippen LogP contribution in [0.15, 0.2) is 71.4 Å². The van der Waals surface area contributed by atoms with Crippen molar-refractivity contribution in [1.29, 1.82) is 0 Å². The number of amides is 4. The minimum absolute atomic E-state index is 0.111. The Hall–Kier alpha value is -8.02. The summed E-state index contributed by atoms with van der Waals surface area (Å²) in [4.78, 5) is 125. The number of ether oxygens (including phenoxy) is 5. The molecule has 0 spiro atoms. The molecule has 0 radical (unpaired) electrons. The van der Waals surface area contributed by atoms with Gasteiger partial charge in [-0.15, -0.1) is 22.7 Å². The summed E-state index contributed by atoms with van der Waals surface area (Å²) in [6, 6.07) is 14.1. The molecular weight excluding hydrogens is 1120 g/mol. The van der Waals surface area contributed by atoms with Gasteiger partial charge in [0.15, 0.2) is 12.2 Å². The molecule has 3 saturated heterocycles. The van der Waals surface area contributed by atoms with E-state index in [0.29, 0.717) is 12.8 Å². The second kappa shape index (κ2) is 30.5. The predicted octanol–water partition coefficient (Wildman–Crippen LogP) is 1.59. The molecule has 2 aromatic heterocycles. The summed E-state index contributed by atoms with van der Waals surface area (Å²) in [5.41, 5.74) is 0.428. The Morgan fingerprint density at radius 3 is 1.36 bits per heavy atom. The Kier molecular flexibility index (Phi) is 24.1. The summed E-state index contributed by atoms with van der Waals surface area (Å²) in [7, 11) is 0. The van der Waals surface area contributed by atoms with Crippen molar-refractivity contribution in [2.75, 3.05) is 75.2 Å². The summed E-state index contributed by atoms with van der Waals surface area (Å²) < 4.78 is 77.8. The van der Waals surface area contributed by atoms with Gasteiger partial charge in [0.1, 0.15) is 23.3 Å². The molecule has 5 heterocycles. The molecule has 3 fully saturated rings. The fraction of sp³-hybridized carbons (Fsp3) is 0.423. The number of carbonyl (C=O) groups is 10. The van der Waals surface area contributed by atoms with E-state index in [4.69, 9.17) is 9.47 Å². The van der Waals surface area contributed by atoms with Crippen LogP contribution >= 0.6 is 22.7 Å². The third-order valence-corrected chi connectivity index (χ3v) is 13.8. The average Bonchev–Trinajstić information content (AvgIpc) is 4.26. The highest BCUT2D eigenvalue weighted by Gasteiger charge is 2.49. The lowest BCUT2D eigenvalue weighted by molar-refractivity contribution is -0.178. The first-order valence-electron chi connectivity index (χ1n) is 24.8. The molecular formula is C52H58F4N6O17S2. The number of halogens is 4. The van der Waals surface area contributed by atoms with Gasteiger partial charge in [-0.1, -0.05) is 12.1 Å². The van der Waals surface area contributed by atoms with Crippen LogP contribution in [0.5, 0.6) is 0 Å². The van der Waals surface area contributed by atoms with Gasteiger partial charge in [0.05, 0.1) is 11.4 Å². The Balaban J connectivity index is 0.000000241. The second-order valence-corrected chi connectivity index (χ2v) is 19.9. The molecule has 0 saturated carbocycles. The van der Waals surface area contributed by atoms with Gasteiger partial charge in [0.25, 0.3) is 23.6 Å². The number of nitrogens with zero attached hydrogens (tertiary/aromatic N) is 4. The smallest absolute Gasteiger partial charge is 0.359 e. The van der Waals surface area contributed by atoms with Crippen LogP contribution in [-0.4, -0.2) is 182 Å². The van der Waals surface area contributed by atoms with E-state index in [1.54, 1.807) is 21.1 Å². The van der Waals surface area contributed by atoms with E-state index < -0.39 is 119 Å². The average molecular weight is 1180 g/mol. The van der Waals surface area contributed by atoms with Gasteiger partial charge in [-0.3, -0.25) is 38.4 Å². The molecule has 3 aliphatic rings. The maximum Gasteiger partial charge on any atom is 0.359 e. The quantitative estimate of drug-likeness (QED) is 0.0476. The maximum atomic E-state index is 14.2. The fourth-order valence-electron chi connectivity index (χ4n) is 8.08. The van der Waals surface area contributed by atoms with Gasteiger partial charge in [-0.25, -0.2) is 27.2 Å². The molecule has 29 heteroatoms. The summed E-state index contributed by atoms with van der Waals surface area (Å²) in [6.07, 6.45) is -9.03. The van der Waals surface area contributed by atoms with E-state index in [1.165, 1.54) is 33.3 Å². The van der Waals surface area contributed by atoms with Crippen LogP contribution in [0.25, 0.3) is 0 Å². The molecule has 438 valence electrons. The zero-order valence-electron chi connectivity index (χ0n) is 44.0. The summed E-state index contributed by atoms with van der Waals surface area (Å²) in [5.74, 6) is -11.1. The lowest BCUT2D eigenvalue weighted by Gasteiger charge is -2.38. The summed E-state index contributed by atoms with van der Waals surface area (Å²) in [6.45, 7) is 6.29. The van der Waals surface area contributed by atoms with Crippen molar-refractivity contribution < 1.29 is 99.4 Å². The van der Waals surface area contributed by atoms with Crippen molar-refractivity contribution in [2.24, 2.45) is 0 Å². The van der Waals surface area contributed by atoms with Crippen molar-refractivity contribution in [1.82, 2.24) is 20.4 Å². The standard InChI is InChI=1S/C24H27F2N3O6S.C20H23F2N3O4S.C8H8O7/c1-15(30)34-21(23(32)27-8-7-18-4-3-13-36-18)22(35-16(2)31)24(33)29-11-9-28(10-12-29)20-6-5-17(25)14-19(20)26;21-13-3-4-16(15(22)12-13)24-7-9-25(10-8-24)20(29)18(27)17(26)19(28)23-6-5-14-2-1-11-30-14;1-3(9)13-5-6(14-4(2)10)8(12)15-7(5)11/h3-6,13-14,21-22H,7-12H2,1-2H3,(H,27,32);1-4,11-12,17-18,26-27H,5-10H2,(H,23,28);5-6H,1-2H3/t21-,22-;17-,18-;5-,6-/m111/s1. The third kappa shape index (κ3) is 19.1. The minimum atomic E-state index is -1.89. The van der Waals surface area contributed by atoms with E-state index in [0.717, 1.165) is 61.7 Å². The number of esters is 6. The highest BCUT2D eigenvalue weighted by molar-refractivity contribution is 7.10. The van der Waals surface area contributed by atoms with Gasteiger partial charge >= 0.3 is 35.8 Å². The number of benzene rings is 2. The summed E-state index contributed by atoms with van der Waals surface area (Å²) >= 11 is 3.06. The van der Waals surface area contributed by atoms with Crippen LogP contribution in [0.2, 0.25) is 0 Å². The molecule has 0 aliphatic carbocycles.